The topological polar surface area (TPSA) is 136 Å². The van der Waals surface area contributed by atoms with E-state index in [9.17, 15) is 14.9 Å². The minimum atomic E-state index is -0.515. The first-order chi connectivity index (χ1) is 14.3. The van der Waals surface area contributed by atoms with E-state index in [1.165, 1.54) is 17.1 Å². The number of carbonyl (C=O) groups is 1. The quantitative estimate of drug-likeness (QED) is 0.233. The van der Waals surface area contributed by atoms with E-state index >= 15 is 0 Å². The monoisotopic (exact) mass is 432 g/mol. The third-order valence-electron chi connectivity index (χ3n) is 3.33. The number of carbonyl (C=O) groups excluding carboxylic acids is 1. The van der Waals surface area contributed by atoms with Crippen LogP contribution in [0.3, 0.4) is 0 Å². The maximum atomic E-state index is 11.4. The lowest BCUT2D eigenvalue weighted by molar-refractivity contribution is -0.385. The first-order valence-corrected chi connectivity index (χ1v) is 9.72. The molecule has 1 heterocycles. The Balaban J connectivity index is 1.80. The molecule has 0 radical (unpaired) electrons. The molecule has 172 valence electrons. The Morgan fingerprint density at radius 3 is 2.07 bits per heavy atom. The molecular weight excluding hydrogens is 400 g/mol. The molecule has 0 saturated carbocycles. The van der Waals surface area contributed by atoms with Crippen LogP contribution >= 0.6 is 0 Å². The van der Waals surface area contributed by atoms with Gasteiger partial charge in [0.15, 0.2) is 0 Å². The number of nitrogens with zero attached hydrogens (tertiary/aromatic N) is 3. The van der Waals surface area contributed by atoms with Crippen LogP contribution in [-0.4, -0.2) is 85.8 Å². The Labute approximate surface area is 175 Å². The van der Waals surface area contributed by atoms with Crippen LogP contribution in [0.4, 0.5) is 10.5 Å². The summed E-state index contributed by atoms with van der Waals surface area (Å²) in [4.78, 5) is 21.5. The van der Waals surface area contributed by atoms with E-state index in [0.717, 1.165) is 0 Å². The molecule has 0 fully saturated rings. The molecule has 0 bridgehead atoms. The second-order valence-electron chi connectivity index (χ2n) is 7.10. The van der Waals surface area contributed by atoms with E-state index in [1.807, 2.05) is 0 Å². The maximum absolute atomic E-state index is 11.4. The van der Waals surface area contributed by atoms with Crippen molar-refractivity contribution in [1.82, 2.24) is 15.1 Å². The summed E-state index contributed by atoms with van der Waals surface area (Å²) in [5.74, 6) is 0. The van der Waals surface area contributed by atoms with Crippen molar-refractivity contribution in [3.8, 4) is 0 Å². The molecule has 1 aromatic heterocycles. The van der Waals surface area contributed by atoms with Crippen LogP contribution in [0.1, 0.15) is 20.8 Å². The summed E-state index contributed by atoms with van der Waals surface area (Å²) in [6, 6.07) is 0. The van der Waals surface area contributed by atoms with Gasteiger partial charge in [0.05, 0.1) is 64.3 Å². The molecule has 1 N–H and O–H groups in total. The van der Waals surface area contributed by atoms with Gasteiger partial charge in [-0.05, 0) is 20.8 Å². The molecule has 1 rings (SSSR count). The average molecular weight is 432 g/mol. The zero-order chi connectivity index (χ0) is 22.2. The van der Waals surface area contributed by atoms with Crippen molar-refractivity contribution in [3.05, 3.63) is 22.5 Å². The number of rotatable bonds is 16. The molecule has 0 aromatic carbocycles. The molecule has 1 aromatic rings. The zero-order valence-electron chi connectivity index (χ0n) is 17.8. The van der Waals surface area contributed by atoms with Crippen molar-refractivity contribution < 1.29 is 33.4 Å². The summed E-state index contributed by atoms with van der Waals surface area (Å²) in [6.45, 7) is 9.55. The van der Waals surface area contributed by atoms with Crippen LogP contribution in [0.2, 0.25) is 0 Å². The SMILES string of the molecule is CC(C)(C)OC(=O)NCCOCCOCCOCCOCCn1cc([N+](=O)[O-])cn1. The third kappa shape index (κ3) is 13.8. The fourth-order valence-corrected chi connectivity index (χ4v) is 2.03. The van der Waals surface area contributed by atoms with Gasteiger partial charge in [-0.1, -0.05) is 0 Å². The molecule has 1 amide bonds. The first kappa shape index (κ1) is 25.8. The fourth-order valence-electron chi connectivity index (χ4n) is 2.03. The predicted molar refractivity (Wildman–Crippen MR) is 106 cm³/mol. The second kappa shape index (κ2) is 14.7. The van der Waals surface area contributed by atoms with Gasteiger partial charge >= 0.3 is 11.8 Å². The Morgan fingerprint density at radius 2 is 1.57 bits per heavy atom. The largest absolute Gasteiger partial charge is 0.444 e. The van der Waals surface area contributed by atoms with Gasteiger partial charge in [-0.25, -0.2) is 4.79 Å². The van der Waals surface area contributed by atoms with E-state index in [-0.39, 0.29) is 5.69 Å². The summed E-state index contributed by atoms with van der Waals surface area (Å²) in [5.41, 5.74) is -0.556. The molecule has 30 heavy (non-hydrogen) atoms. The van der Waals surface area contributed by atoms with Gasteiger partial charge in [-0.15, -0.1) is 0 Å². The molecule has 0 aliphatic carbocycles. The van der Waals surface area contributed by atoms with Crippen molar-refractivity contribution in [3.63, 3.8) is 0 Å². The van der Waals surface area contributed by atoms with Crippen LogP contribution in [0.15, 0.2) is 12.4 Å². The van der Waals surface area contributed by atoms with Gasteiger partial charge in [-0.3, -0.25) is 14.8 Å². The summed E-state index contributed by atoms with van der Waals surface area (Å²) in [5, 5.41) is 17.0. The number of hydrogen-bond donors (Lipinski definition) is 1. The van der Waals surface area contributed by atoms with Crippen molar-refractivity contribution >= 4 is 11.8 Å². The highest BCUT2D eigenvalue weighted by molar-refractivity contribution is 5.67. The van der Waals surface area contributed by atoms with Gasteiger partial charge in [0.25, 0.3) is 0 Å². The van der Waals surface area contributed by atoms with Crippen molar-refractivity contribution in [2.24, 2.45) is 0 Å². The number of aromatic nitrogens is 2. The third-order valence-corrected chi connectivity index (χ3v) is 3.33. The lowest BCUT2D eigenvalue weighted by Gasteiger charge is -2.19. The smallest absolute Gasteiger partial charge is 0.407 e. The minimum Gasteiger partial charge on any atom is -0.444 e. The second-order valence-corrected chi connectivity index (χ2v) is 7.10. The van der Waals surface area contributed by atoms with Crippen LogP contribution in [0.25, 0.3) is 0 Å². The van der Waals surface area contributed by atoms with Crippen molar-refractivity contribution in [1.29, 1.82) is 0 Å². The normalized spacial score (nSPS) is 11.4. The van der Waals surface area contributed by atoms with E-state index in [2.05, 4.69) is 10.4 Å². The zero-order valence-corrected chi connectivity index (χ0v) is 17.8. The molecule has 0 unspecified atom stereocenters. The predicted octanol–water partition coefficient (Wildman–Crippen LogP) is 1.38. The Bertz CT molecular complexity index is 618. The maximum Gasteiger partial charge on any atom is 0.407 e. The fraction of sp³-hybridized carbons (Fsp3) is 0.778. The lowest BCUT2D eigenvalue weighted by atomic mass is 10.2. The molecule has 0 aliphatic rings. The van der Waals surface area contributed by atoms with E-state index in [4.69, 9.17) is 23.7 Å². The number of ether oxygens (including phenoxy) is 5. The van der Waals surface area contributed by atoms with E-state index in [0.29, 0.717) is 65.9 Å². The van der Waals surface area contributed by atoms with Crippen LogP contribution in [0, 0.1) is 10.1 Å². The molecule has 0 aliphatic heterocycles. The number of nitro groups is 1. The molecule has 12 heteroatoms. The lowest BCUT2D eigenvalue weighted by Crippen LogP contribution is -2.34. The molecule has 0 saturated heterocycles. The van der Waals surface area contributed by atoms with Gasteiger partial charge in [0.1, 0.15) is 18.0 Å². The first-order valence-electron chi connectivity index (χ1n) is 9.72. The summed E-state index contributed by atoms with van der Waals surface area (Å²) in [6.07, 6.45) is 2.10. The number of amides is 1. The van der Waals surface area contributed by atoms with E-state index < -0.39 is 16.6 Å². The highest BCUT2D eigenvalue weighted by atomic mass is 16.6. The molecule has 0 spiro atoms. The molecule has 12 nitrogen and oxygen atoms in total. The van der Waals surface area contributed by atoms with Crippen molar-refractivity contribution in [2.45, 2.75) is 32.9 Å². The standard InChI is InChI=1S/C18H32N4O8/c1-18(2,3)30-17(23)19-4-6-26-8-10-28-12-13-29-11-9-27-7-5-21-15-16(14-20-21)22(24)25/h14-15H,4-13H2,1-3H3,(H,19,23). The van der Waals surface area contributed by atoms with Crippen LogP contribution in [-0.2, 0) is 30.2 Å². The molecular formula is C18H32N4O8. The van der Waals surface area contributed by atoms with Gasteiger partial charge < -0.3 is 29.0 Å². The molecule has 0 atom stereocenters. The summed E-state index contributed by atoms with van der Waals surface area (Å²) >= 11 is 0. The Morgan fingerprint density at radius 1 is 1.03 bits per heavy atom. The van der Waals surface area contributed by atoms with Crippen LogP contribution < -0.4 is 5.32 Å². The van der Waals surface area contributed by atoms with E-state index in [1.54, 1.807) is 20.8 Å². The summed E-state index contributed by atoms with van der Waals surface area (Å²) in [7, 11) is 0. The van der Waals surface area contributed by atoms with Crippen molar-refractivity contribution in [2.75, 3.05) is 59.4 Å². The van der Waals surface area contributed by atoms with Crippen LogP contribution in [0.5, 0.6) is 0 Å². The Hall–Kier alpha value is -2.28. The van der Waals surface area contributed by atoms with Gasteiger partial charge in [0, 0.05) is 6.54 Å². The van der Waals surface area contributed by atoms with Gasteiger partial charge in [0.2, 0.25) is 0 Å². The van der Waals surface area contributed by atoms with Gasteiger partial charge in [-0.2, -0.15) is 5.10 Å². The Kier molecular flexibility index (Phi) is 12.6. The number of hydrogen-bond acceptors (Lipinski definition) is 9. The minimum absolute atomic E-state index is 0.0406. The number of alkyl carbamates (subject to hydrolysis) is 1. The highest BCUT2D eigenvalue weighted by Crippen LogP contribution is 2.07. The summed E-state index contributed by atoms with van der Waals surface area (Å²) < 4.78 is 28.0. The average Bonchev–Trinajstić information content (AvgIpc) is 3.12. The number of nitrogens with one attached hydrogen (secondary N) is 1. The highest BCUT2D eigenvalue weighted by Gasteiger charge is 2.15.